The highest BCUT2D eigenvalue weighted by molar-refractivity contribution is 5.68. The second-order valence-electron chi connectivity index (χ2n) is 2.66. The van der Waals surface area contributed by atoms with Gasteiger partial charge in [-0.2, -0.15) is 0 Å². The van der Waals surface area contributed by atoms with E-state index in [0.29, 0.717) is 17.9 Å². The molecule has 1 aromatic rings. The summed E-state index contributed by atoms with van der Waals surface area (Å²) in [5, 5.41) is 10.6. The molecule has 66 valence electrons. The van der Waals surface area contributed by atoms with Crippen LogP contribution in [-0.4, -0.2) is 11.5 Å². The fourth-order valence-electron chi connectivity index (χ4n) is 1.29. The zero-order chi connectivity index (χ0) is 9.26. The van der Waals surface area contributed by atoms with Gasteiger partial charge in [-0.1, -0.05) is 6.07 Å². The van der Waals surface area contributed by atoms with Gasteiger partial charge in [0.1, 0.15) is 12.4 Å². The molecule has 0 aliphatic carbocycles. The maximum absolute atomic E-state index is 10.6. The minimum Gasteiger partial charge on any atom is -0.489 e. The van der Waals surface area contributed by atoms with Crippen LogP contribution in [0.25, 0.3) is 6.08 Å². The zero-order valence-electron chi connectivity index (χ0n) is 6.77. The maximum atomic E-state index is 10.6. The van der Waals surface area contributed by atoms with Crippen LogP contribution in [0.4, 0.5) is 5.69 Å². The molecule has 1 heterocycles. The summed E-state index contributed by atoms with van der Waals surface area (Å²) in [5.74, 6) is 0.580. The van der Waals surface area contributed by atoms with Crippen molar-refractivity contribution in [1.29, 1.82) is 0 Å². The molecule has 2 rings (SSSR count). The van der Waals surface area contributed by atoms with E-state index in [1.54, 1.807) is 24.3 Å². The smallest absolute Gasteiger partial charge is 0.280 e. The molecular weight excluding hydrogens is 170 g/mol. The van der Waals surface area contributed by atoms with Gasteiger partial charge in [0.2, 0.25) is 0 Å². The number of nitro groups is 1. The first kappa shape index (κ1) is 7.79. The third-order valence-corrected chi connectivity index (χ3v) is 1.86. The largest absolute Gasteiger partial charge is 0.489 e. The second kappa shape index (κ2) is 2.90. The topological polar surface area (TPSA) is 52.4 Å². The van der Waals surface area contributed by atoms with Gasteiger partial charge < -0.3 is 4.74 Å². The van der Waals surface area contributed by atoms with Crippen molar-refractivity contribution in [3.8, 4) is 5.75 Å². The van der Waals surface area contributed by atoms with E-state index in [9.17, 15) is 10.1 Å². The lowest BCUT2D eigenvalue weighted by Gasteiger charge is -2.11. The van der Waals surface area contributed by atoms with Crippen molar-refractivity contribution < 1.29 is 9.66 Å². The van der Waals surface area contributed by atoms with Crippen LogP contribution in [0, 0.1) is 10.1 Å². The van der Waals surface area contributed by atoms with Gasteiger partial charge in [0.05, 0.1) is 10.5 Å². The van der Waals surface area contributed by atoms with Crippen LogP contribution in [0.15, 0.2) is 24.3 Å². The third kappa shape index (κ3) is 1.26. The van der Waals surface area contributed by atoms with Crippen molar-refractivity contribution in [3.05, 3.63) is 40.0 Å². The molecule has 0 amide bonds. The molecule has 0 radical (unpaired) electrons. The summed E-state index contributed by atoms with van der Waals surface area (Å²) in [7, 11) is 0. The number of benzene rings is 1. The highest BCUT2D eigenvalue weighted by Crippen LogP contribution is 2.31. The van der Waals surface area contributed by atoms with Crippen molar-refractivity contribution in [2.45, 2.75) is 0 Å². The van der Waals surface area contributed by atoms with Gasteiger partial charge >= 0.3 is 0 Å². The highest BCUT2D eigenvalue weighted by Gasteiger charge is 2.17. The quantitative estimate of drug-likeness (QED) is 0.487. The van der Waals surface area contributed by atoms with E-state index in [2.05, 4.69) is 0 Å². The Labute approximate surface area is 74.6 Å². The van der Waals surface area contributed by atoms with E-state index in [4.69, 9.17) is 4.74 Å². The van der Waals surface area contributed by atoms with E-state index in [0.717, 1.165) is 0 Å². The highest BCUT2D eigenvalue weighted by atomic mass is 16.6. The van der Waals surface area contributed by atoms with Crippen molar-refractivity contribution in [2.24, 2.45) is 0 Å². The molecular formula is C9H7NO3. The van der Waals surface area contributed by atoms with Gasteiger partial charge in [-0.05, 0) is 18.2 Å². The summed E-state index contributed by atoms with van der Waals surface area (Å²) >= 11 is 0. The molecule has 0 spiro atoms. The Morgan fingerprint density at radius 3 is 3.08 bits per heavy atom. The Morgan fingerprint density at radius 2 is 2.31 bits per heavy atom. The molecule has 0 aromatic heterocycles. The molecule has 0 bridgehead atoms. The van der Waals surface area contributed by atoms with E-state index >= 15 is 0 Å². The standard InChI is InChI=1S/C9H7NO3/c11-10(12)8-4-1-5-9-7(8)3-2-6-13-9/h1-5H,6H2. The van der Waals surface area contributed by atoms with Gasteiger partial charge in [0.15, 0.2) is 0 Å². The number of rotatable bonds is 1. The predicted octanol–water partition coefficient (Wildman–Crippen LogP) is 2.00. The third-order valence-electron chi connectivity index (χ3n) is 1.86. The normalized spacial score (nSPS) is 13.2. The lowest BCUT2D eigenvalue weighted by Crippen LogP contribution is -2.02. The lowest BCUT2D eigenvalue weighted by molar-refractivity contribution is -0.385. The van der Waals surface area contributed by atoms with Crippen molar-refractivity contribution in [3.63, 3.8) is 0 Å². The molecule has 1 aliphatic heterocycles. The Bertz CT molecular complexity index is 384. The summed E-state index contributed by atoms with van der Waals surface area (Å²) in [6, 6.07) is 4.82. The number of nitrogens with zero attached hydrogens (tertiary/aromatic N) is 1. The van der Waals surface area contributed by atoms with E-state index in [-0.39, 0.29) is 5.69 Å². The summed E-state index contributed by atoms with van der Waals surface area (Å²) in [6.45, 7) is 0.480. The average molecular weight is 177 g/mol. The Kier molecular flexibility index (Phi) is 1.73. The van der Waals surface area contributed by atoms with Crippen molar-refractivity contribution in [2.75, 3.05) is 6.61 Å². The molecule has 4 heteroatoms. The van der Waals surface area contributed by atoms with Crippen LogP contribution in [0.1, 0.15) is 5.56 Å². The fraction of sp³-hybridized carbons (Fsp3) is 0.111. The molecule has 0 unspecified atom stereocenters. The first-order valence-electron chi connectivity index (χ1n) is 3.86. The monoisotopic (exact) mass is 177 g/mol. The number of hydrogen-bond acceptors (Lipinski definition) is 3. The first-order valence-corrected chi connectivity index (χ1v) is 3.86. The van der Waals surface area contributed by atoms with Crippen molar-refractivity contribution in [1.82, 2.24) is 0 Å². The summed E-state index contributed by atoms with van der Waals surface area (Å²) in [5.41, 5.74) is 0.646. The van der Waals surface area contributed by atoms with E-state index < -0.39 is 4.92 Å². The fourth-order valence-corrected chi connectivity index (χ4v) is 1.29. The average Bonchev–Trinajstić information content (AvgIpc) is 2.17. The van der Waals surface area contributed by atoms with Crippen LogP contribution >= 0.6 is 0 Å². The van der Waals surface area contributed by atoms with Gasteiger partial charge in [-0.25, -0.2) is 0 Å². The van der Waals surface area contributed by atoms with Crippen LogP contribution in [0.5, 0.6) is 5.75 Å². The summed E-state index contributed by atoms with van der Waals surface area (Å²) in [6.07, 6.45) is 3.48. The Morgan fingerprint density at radius 1 is 1.46 bits per heavy atom. The number of nitro benzene ring substituents is 1. The minimum absolute atomic E-state index is 0.0912. The molecule has 0 saturated heterocycles. The van der Waals surface area contributed by atoms with Crippen LogP contribution in [-0.2, 0) is 0 Å². The molecule has 0 atom stereocenters. The zero-order valence-corrected chi connectivity index (χ0v) is 6.77. The molecule has 13 heavy (non-hydrogen) atoms. The maximum Gasteiger partial charge on any atom is 0.280 e. The van der Waals surface area contributed by atoms with Crippen LogP contribution in [0.2, 0.25) is 0 Å². The first-order chi connectivity index (χ1) is 6.29. The number of ether oxygens (including phenoxy) is 1. The van der Waals surface area contributed by atoms with Gasteiger partial charge in [-0.3, -0.25) is 10.1 Å². The lowest BCUT2D eigenvalue weighted by atomic mass is 10.1. The van der Waals surface area contributed by atoms with Gasteiger partial charge in [-0.15, -0.1) is 0 Å². The second-order valence-corrected chi connectivity index (χ2v) is 2.66. The molecule has 4 nitrogen and oxygen atoms in total. The van der Waals surface area contributed by atoms with Gasteiger partial charge in [0, 0.05) is 6.07 Å². The number of fused-ring (bicyclic) bond motifs is 1. The van der Waals surface area contributed by atoms with E-state index in [1.807, 2.05) is 0 Å². The Hall–Kier alpha value is -1.84. The molecule has 0 fully saturated rings. The predicted molar refractivity (Wildman–Crippen MR) is 47.6 cm³/mol. The molecule has 0 N–H and O–H groups in total. The molecule has 1 aliphatic rings. The van der Waals surface area contributed by atoms with Crippen LogP contribution in [0.3, 0.4) is 0 Å². The number of hydrogen-bond donors (Lipinski definition) is 0. The van der Waals surface area contributed by atoms with E-state index in [1.165, 1.54) is 6.07 Å². The summed E-state index contributed by atoms with van der Waals surface area (Å²) in [4.78, 5) is 10.2. The SMILES string of the molecule is O=[N+]([O-])c1cccc2c1C=CCO2. The van der Waals surface area contributed by atoms with Crippen LogP contribution < -0.4 is 4.74 Å². The molecule has 1 aromatic carbocycles. The van der Waals surface area contributed by atoms with Crippen molar-refractivity contribution >= 4 is 11.8 Å². The minimum atomic E-state index is -0.405. The van der Waals surface area contributed by atoms with Gasteiger partial charge in [0.25, 0.3) is 5.69 Å². The summed E-state index contributed by atoms with van der Waals surface area (Å²) < 4.78 is 5.22. The Balaban J connectivity index is 2.60. The molecule has 0 saturated carbocycles.